The molecule has 0 amide bonds. The fourth-order valence-electron chi connectivity index (χ4n) is 1.67. The lowest BCUT2D eigenvalue weighted by Gasteiger charge is -2.06. The lowest BCUT2D eigenvalue weighted by molar-refractivity contribution is 0.621. The predicted octanol–water partition coefficient (Wildman–Crippen LogP) is 3.07. The molecule has 0 aliphatic rings. The monoisotopic (exact) mass is 309 g/mol. The minimum absolute atomic E-state index is 0.290. The smallest absolute Gasteiger partial charge is 0.159 e. The van der Waals surface area contributed by atoms with E-state index in [9.17, 15) is 4.39 Å². The number of aromatic nitrogens is 2. The van der Waals surface area contributed by atoms with Gasteiger partial charge < -0.3 is 5.32 Å². The van der Waals surface area contributed by atoms with E-state index in [1.165, 1.54) is 6.07 Å². The Morgan fingerprint density at radius 3 is 2.72 bits per heavy atom. The molecule has 1 heterocycles. The summed E-state index contributed by atoms with van der Waals surface area (Å²) in [7, 11) is 1.87. The van der Waals surface area contributed by atoms with E-state index in [0.29, 0.717) is 16.8 Å². The van der Waals surface area contributed by atoms with Crippen LogP contribution in [0.2, 0.25) is 0 Å². The number of nitrogens with zero attached hydrogens (tertiary/aromatic N) is 2. The summed E-state index contributed by atoms with van der Waals surface area (Å²) in [6.45, 7) is 2.60. The summed E-state index contributed by atoms with van der Waals surface area (Å²) in [5, 5.41) is 3.05. The summed E-state index contributed by atoms with van der Waals surface area (Å²) in [4.78, 5) is 8.82. The van der Waals surface area contributed by atoms with Crippen LogP contribution in [0, 0.1) is 12.7 Å². The van der Waals surface area contributed by atoms with Crippen molar-refractivity contribution in [1.29, 1.82) is 0 Å². The molecule has 0 aliphatic heterocycles. The molecule has 0 radical (unpaired) electrons. The van der Waals surface area contributed by atoms with E-state index in [-0.39, 0.29) is 5.82 Å². The lowest BCUT2D eigenvalue weighted by Crippen LogP contribution is -2.08. The Hall–Kier alpha value is -1.33. The van der Waals surface area contributed by atoms with Crippen molar-refractivity contribution in [1.82, 2.24) is 15.3 Å². The summed E-state index contributed by atoms with van der Waals surface area (Å²) >= 11 is 3.17. The fraction of sp³-hybridized carbons (Fsp3) is 0.231. The first kappa shape index (κ1) is 13.1. The Balaban J connectivity index is 2.46. The average Bonchev–Trinajstić information content (AvgIpc) is 2.32. The molecule has 94 valence electrons. The largest absolute Gasteiger partial charge is 0.314 e. The topological polar surface area (TPSA) is 37.8 Å². The third-order valence-corrected chi connectivity index (χ3v) is 3.05. The van der Waals surface area contributed by atoms with Gasteiger partial charge in [-0.3, -0.25) is 0 Å². The molecule has 5 heteroatoms. The van der Waals surface area contributed by atoms with E-state index in [4.69, 9.17) is 0 Å². The molecule has 0 atom stereocenters. The minimum Gasteiger partial charge on any atom is -0.314 e. The second-order valence-corrected chi connectivity index (χ2v) is 4.84. The van der Waals surface area contributed by atoms with Crippen LogP contribution < -0.4 is 5.32 Å². The fourth-order valence-corrected chi connectivity index (χ4v) is 2.05. The Bertz CT molecular complexity index is 572. The Labute approximate surface area is 114 Å². The summed E-state index contributed by atoms with van der Waals surface area (Å²) in [6.07, 6.45) is 0. The van der Waals surface area contributed by atoms with Crippen LogP contribution in [0.15, 0.2) is 28.7 Å². The van der Waals surface area contributed by atoms with Gasteiger partial charge in [0, 0.05) is 17.8 Å². The zero-order valence-electron chi connectivity index (χ0n) is 10.2. The molecule has 1 aromatic carbocycles. The van der Waals surface area contributed by atoms with Crippen LogP contribution in [0.1, 0.15) is 11.4 Å². The van der Waals surface area contributed by atoms with Crippen molar-refractivity contribution in [2.24, 2.45) is 0 Å². The Kier molecular flexibility index (Phi) is 4.04. The van der Waals surface area contributed by atoms with Crippen LogP contribution in [-0.4, -0.2) is 17.0 Å². The van der Waals surface area contributed by atoms with Crippen molar-refractivity contribution < 1.29 is 4.39 Å². The zero-order chi connectivity index (χ0) is 13.1. The van der Waals surface area contributed by atoms with Crippen molar-refractivity contribution in [3.05, 3.63) is 45.9 Å². The molecule has 0 saturated carbocycles. The highest BCUT2D eigenvalue weighted by molar-refractivity contribution is 9.10. The molecule has 0 unspecified atom stereocenters. The zero-order valence-corrected chi connectivity index (χ0v) is 11.8. The number of nitrogens with one attached hydrogen (secondary N) is 1. The highest BCUT2D eigenvalue weighted by Gasteiger charge is 2.07. The van der Waals surface area contributed by atoms with Crippen LogP contribution in [0.5, 0.6) is 0 Å². The van der Waals surface area contributed by atoms with Gasteiger partial charge in [0.2, 0.25) is 0 Å². The summed E-state index contributed by atoms with van der Waals surface area (Å²) < 4.78 is 13.6. The van der Waals surface area contributed by atoms with Gasteiger partial charge in [-0.15, -0.1) is 0 Å². The summed E-state index contributed by atoms with van der Waals surface area (Å²) in [5.74, 6) is 0.322. The maximum absolute atomic E-state index is 13.2. The maximum atomic E-state index is 13.2. The number of halogens is 2. The van der Waals surface area contributed by atoms with Gasteiger partial charge >= 0.3 is 0 Å². The standard InChI is InChI=1S/C13H13BrFN3/c1-8-5-10(7-16-2)18-13(17-8)9-3-4-12(15)11(14)6-9/h3-6,16H,7H2,1-2H3. The second-order valence-electron chi connectivity index (χ2n) is 3.98. The first-order chi connectivity index (χ1) is 8.60. The van der Waals surface area contributed by atoms with Gasteiger partial charge in [0.1, 0.15) is 5.82 Å². The number of benzene rings is 1. The molecule has 1 aromatic heterocycles. The molecule has 2 aromatic rings. The molecule has 0 spiro atoms. The molecule has 0 bridgehead atoms. The molecule has 3 nitrogen and oxygen atoms in total. The summed E-state index contributed by atoms with van der Waals surface area (Å²) in [5.41, 5.74) is 2.61. The van der Waals surface area contributed by atoms with Crippen LogP contribution in [0.25, 0.3) is 11.4 Å². The summed E-state index contributed by atoms with van der Waals surface area (Å²) in [6, 6.07) is 6.70. The average molecular weight is 310 g/mol. The van der Waals surface area contributed by atoms with Gasteiger partial charge in [-0.25, -0.2) is 14.4 Å². The normalized spacial score (nSPS) is 10.7. The Morgan fingerprint density at radius 1 is 1.28 bits per heavy atom. The number of rotatable bonds is 3. The third-order valence-electron chi connectivity index (χ3n) is 2.44. The SMILES string of the molecule is CNCc1cc(C)nc(-c2ccc(F)c(Br)c2)n1. The van der Waals surface area contributed by atoms with E-state index in [0.717, 1.165) is 17.0 Å². The van der Waals surface area contributed by atoms with Crippen molar-refractivity contribution in [3.63, 3.8) is 0 Å². The molecule has 18 heavy (non-hydrogen) atoms. The van der Waals surface area contributed by atoms with Gasteiger partial charge in [0.05, 0.1) is 10.2 Å². The van der Waals surface area contributed by atoms with Gasteiger partial charge in [-0.2, -0.15) is 0 Å². The first-order valence-corrected chi connectivity index (χ1v) is 6.34. The highest BCUT2D eigenvalue weighted by Crippen LogP contribution is 2.23. The first-order valence-electron chi connectivity index (χ1n) is 5.54. The van der Waals surface area contributed by atoms with Crippen molar-refractivity contribution in [2.75, 3.05) is 7.05 Å². The predicted molar refractivity (Wildman–Crippen MR) is 72.6 cm³/mol. The second kappa shape index (κ2) is 5.54. The highest BCUT2D eigenvalue weighted by atomic mass is 79.9. The van der Waals surface area contributed by atoms with Gasteiger partial charge in [0.25, 0.3) is 0 Å². The van der Waals surface area contributed by atoms with Crippen LogP contribution >= 0.6 is 15.9 Å². The van der Waals surface area contributed by atoms with E-state index in [2.05, 4.69) is 31.2 Å². The molecular formula is C13H13BrFN3. The lowest BCUT2D eigenvalue weighted by atomic mass is 10.2. The van der Waals surface area contributed by atoms with E-state index in [1.54, 1.807) is 12.1 Å². The van der Waals surface area contributed by atoms with Gasteiger partial charge in [0.15, 0.2) is 5.82 Å². The van der Waals surface area contributed by atoms with Crippen LogP contribution in [-0.2, 0) is 6.54 Å². The maximum Gasteiger partial charge on any atom is 0.159 e. The molecule has 0 aliphatic carbocycles. The van der Waals surface area contributed by atoms with Crippen LogP contribution in [0.3, 0.4) is 0 Å². The van der Waals surface area contributed by atoms with Gasteiger partial charge in [-0.1, -0.05) is 0 Å². The third kappa shape index (κ3) is 2.91. The van der Waals surface area contributed by atoms with Crippen LogP contribution in [0.4, 0.5) is 4.39 Å². The molecule has 2 rings (SSSR count). The number of hydrogen-bond acceptors (Lipinski definition) is 3. The van der Waals surface area contributed by atoms with Crippen molar-refractivity contribution >= 4 is 15.9 Å². The van der Waals surface area contributed by atoms with E-state index < -0.39 is 0 Å². The molecule has 1 N–H and O–H groups in total. The van der Waals surface area contributed by atoms with Crippen molar-refractivity contribution in [2.45, 2.75) is 13.5 Å². The number of hydrogen-bond donors (Lipinski definition) is 1. The quantitative estimate of drug-likeness (QED) is 0.947. The molecular weight excluding hydrogens is 297 g/mol. The van der Waals surface area contributed by atoms with E-state index in [1.807, 2.05) is 20.0 Å². The number of aryl methyl sites for hydroxylation is 1. The Morgan fingerprint density at radius 2 is 2.06 bits per heavy atom. The molecule has 0 fully saturated rings. The van der Waals surface area contributed by atoms with E-state index >= 15 is 0 Å². The van der Waals surface area contributed by atoms with Gasteiger partial charge in [-0.05, 0) is 54.2 Å². The van der Waals surface area contributed by atoms with Crippen molar-refractivity contribution in [3.8, 4) is 11.4 Å². The minimum atomic E-state index is -0.290. The molecule has 0 saturated heterocycles.